The number of nitrogens with zero attached hydrogens (tertiary/aromatic N) is 5. The van der Waals surface area contributed by atoms with E-state index in [1.165, 1.54) is 4.68 Å². The van der Waals surface area contributed by atoms with E-state index in [9.17, 15) is 27.3 Å². The summed E-state index contributed by atoms with van der Waals surface area (Å²) in [6.07, 6.45) is 6.96. The Morgan fingerprint density at radius 3 is 2.46 bits per heavy atom. The third-order valence-corrected chi connectivity index (χ3v) is 10.0. The van der Waals surface area contributed by atoms with Crippen LogP contribution in [0, 0.1) is 28.9 Å². The Morgan fingerprint density at radius 1 is 1.10 bits per heavy atom. The molecule has 1 saturated heterocycles. The highest BCUT2D eigenvalue weighted by Crippen LogP contribution is 2.43. The minimum atomic E-state index is -3.01. The molecule has 1 aliphatic heterocycles. The van der Waals surface area contributed by atoms with Gasteiger partial charge in [0.25, 0.3) is 0 Å². The normalized spacial score (nSPS) is 23.0. The second kappa shape index (κ2) is 10.5. The number of amides is 1. The summed E-state index contributed by atoms with van der Waals surface area (Å²) in [5, 5.41) is 17.2. The van der Waals surface area contributed by atoms with Gasteiger partial charge in [-0.25, -0.2) is 26.9 Å². The third-order valence-electron chi connectivity index (χ3n) is 8.42. The van der Waals surface area contributed by atoms with E-state index in [2.05, 4.69) is 16.4 Å². The van der Waals surface area contributed by atoms with Gasteiger partial charge in [0.2, 0.25) is 5.91 Å². The maximum atomic E-state index is 14.8. The monoisotopic (exact) mass is 580 g/mol. The van der Waals surface area contributed by atoms with Gasteiger partial charge in [0.05, 0.1) is 29.5 Å². The average molecular weight is 581 g/mol. The highest BCUT2D eigenvalue weighted by Gasteiger charge is 2.47. The highest BCUT2D eigenvalue weighted by molar-refractivity contribution is 7.91. The molecule has 3 aromatic rings. The standard InChI is InChI=1S/C29H30F2N6O3S/c30-20-15-25(31)27(33-16-20)37-17-24(19-5-7-21(8-6-19)36-11-13-41(39,40)14-12-36)26(35-37)22-3-1-2-4-23(22)28(38)34-29(18-32)9-10-29/h5-8,15-17,22-23H,1-4,9-14H2,(H,34,38). The molecule has 9 nitrogen and oxygen atoms in total. The maximum Gasteiger partial charge on any atom is 0.225 e. The molecule has 1 N–H and O–H groups in total. The molecule has 2 aromatic heterocycles. The fourth-order valence-corrected chi connectivity index (χ4v) is 7.08. The number of pyridine rings is 1. The lowest BCUT2D eigenvalue weighted by molar-refractivity contribution is -0.127. The highest BCUT2D eigenvalue weighted by atomic mass is 32.2. The number of hydrogen-bond acceptors (Lipinski definition) is 7. The van der Waals surface area contributed by atoms with Gasteiger partial charge in [-0.3, -0.25) is 4.79 Å². The van der Waals surface area contributed by atoms with E-state index in [-0.39, 0.29) is 29.1 Å². The summed E-state index contributed by atoms with van der Waals surface area (Å²) >= 11 is 0. The first-order valence-corrected chi connectivity index (χ1v) is 15.7. The summed E-state index contributed by atoms with van der Waals surface area (Å²) in [7, 11) is -3.01. The van der Waals surface area contributed by atoms with Gasteiger partial charge in [0, 0.05) is 48.4 Å². The number of halogens is 2. The Bertz CT molecular complexity index is 1610. The molecule has 0 radical (unpaired) electrons. The molecule has 6 rings (SSSR count). The molecule has 3 aliphatic rings. The number of aromatic nitrogens is 3. The quantitative estimate of drug-likeness (QED) is 0.470. The number of hydrogen-bond donors (Lipinski definition) is 1. The van der Waals surface area contributed by atoms with Crippen molar-refractivity contribution >= 4 is 21.4 Å². The van der Waals surface area contributed by atoms with Crippen LogP contribution in [0.3, 0.4) is 0 Å². The number of benzene rings is 1. The number of rotatable bonds is 6. The van der Waals surface area contributed by atoms with E-state index in [0.29, 0.717) is 50.0 Å². The molecule has 0 spiro atoms. The minimum Gasteiger partial charge on any atom is -0.369 e. The van der Waals surface area contributed by atoms with Crippen molar-refractivity contribution in [2.75, 3.05) is 29.5 Å². The SMILES string of the molecule is N#CC1(NC(=O)C2CCCCC2c2nn(-c3ncc(F)cc3F)cc2-c2ccc(N3CCS(=O)(=O)CC3)cc2)CC1. The fourth-order valence-electron chi connectivity index (χ4n) is 5.88. The Morgan fingerprint density at radius 2 is 1.80 bits per heavy atom. The first kappa shape index (κ1) is 27.3. The molecule has 2 atom stereocenters. The second-order valence-corrected chi connectivity index (χ2v) is 13.5. The summed E-state index contributed by atoms with van der Waals surface area (Å²) < 4.78 is 53.4. The van der Waals surface area contributed by atoms with Crippen molar-refractivity contribution in [3.8, 4) is 23.0 Å². The van der Waals surface area contributed by atoms with Crippen molar-refractivity contribution < 1.29 is 22.0 Å². The molecular weight excluding hydrogens is 550 g/mol. The van der Waals surface area contributed by atoms with Crippen molar-refractivity contribution in [2.45, 2.75) is 50.0 Å². The summed E-state index contributed by atoms with van der Waals surface area (Å²) in [6.45, 7) is 0.840. The van der Waals surface area contributed by atoms with Gasteiger partial charge >= 0.3 is 0 Å². The molecule has 1 aromatic carbocycles. The molecule has 2 saturated carbocycles. The second-order valence-electron chi connectivity index (χ2n) is 11.2. The predicted octanol–water partition coefficient (Wildman–Crippen LogP) is 3.89. The zero-order valence-electron chi connectivity index (χ0n) is 22.4. The maximum absolute atomic E-state index is 14.8. The van der Waals surface area contributed by atoms with Crippen LogP contribution in [0.15, 0.2) is 42.7 Å². The molecular formula is C29H30F2N6O3S. The lowest BCUT2D eigenvalue weighted by Crippen LogP contribution is -2.42. The number of carbonyl (C=O) groups is 1. The zero-order valence-corrected chi connectivity index (χ0v) is 23.2. The van der Waals surface area contributed by atoms with Crippen LogP contribution >= 0.6 is 0 Å². The van der Waals surface area contributed by atoms with Crippen molar-refractivity contribution in [3.05, 3.63) is 60.1 Å². The molecule has 214 valence electrons. The molecule has 3 heterocycles. The van der Waals surface area contributed by atoms with Crippen LogP contribution < -0.4 is 10.2 Å². The fraction of sp³-hybridized carbons (Fsp3) is 0.448. The van der Waals surface area contributed by atoms with E-state index in [1.54, 1.807) is 6.20 Å². The Kier molecular flexibility index (Phi) is 7.01. The Hall–Kier alpha value is -3.85. The summed E-state index contributed by atoms with van der Waals surface area (Å²) in [4.78, 5) is 19.4. The largest absolute Gasteiger partial charge is 0.369 e. The van der Waals surface area contributed by atoms with Gasteiger partial charge in [-0.1, -0.05) is 25.0 Å². The van der Waals surface area contributed by atoms with E-state index >= 15 is 0 Å². The summed E-state index contributed by atoms with van der Waals surface area (Å²) in [5.74, 6) is -2.43. The van der Waals surface area contributed by atoms with Gasteiger partial charge in [0.1, 0.15) is 11.4 Å². The van der Waals surface area contributed by atoms with Gasteiger partial charge in [0.15, 0.2) is 21.5 Å². The Labute approximate surface area is 237 Å². The Balaban J connectivity index is 1.37. The van der Waals surface area contributed by atoms with Crippen LogP contribution in [0.25, 0.3) is 16.9 Å². The number of anilines is 1. The van der Waals surface area contributed by atoms with Crippen LogP contribution in [-0.2, 0) is 14.6 Å². The number of nitrogens with one attached hydrogen (secondary N) is 1. The molecule has 2 unspecified atom stereocenters. The van der Waals surface area contributed by atoms with Crippen LogP contribution in [0.4, 0.5) is 14.5 Å². The average Bonchev–Trinajstić information content (AvgIpc) is 3.60. The first-order chi connectivity index (χ1) is 19.7. The molecule has 41 heavy (non-hydrogen) atoms. The van der Waals surface area contributed by atoms with Gasteiger partial charge < -0.3 is 10.2 Å². The van der Waals surface area contributed by atoms with E-state index in [0.717, 1.165) is 36.4 Å². The minimum absolute atomic E-state index is 0.111. The molecule has 0 bridgehead atoms. The molecule has 1 amide bonds. The van der Waals surface area contributed by atoms with E-state index in [1.807, 2.05) is 29.2 Å². The van der Waals surface area contributed by atoms with Crippen molar-refractivity contribution in [1.82, 2.24) is 20.1 Å². The van der Waals surface area contributed by atoms with E-state index in [4.69, 9.17) is 5.10 Å². The van der Waals surface area contributed by atoms with Crippen LogP contribution in [0.2, 0.25) is 0 Å². The first-order valence-electron chi connectivity index (χ1n) is 13.9. The van der Waals surface area contributed by atoms with Gasteiger partial charge in [-0.05, 0) is 43.4 Å². The van der Waals surface area contributed by atoms with Crippen molar-refractivity contribution in [2.24, 2.45) is 5.92 Å². The third kappa shape index (κ3) is 5.55. The zero-order chi connectivity index (χ0) is 28.8. The van der Waals surface area contributed by atoms with Crippen LogP contribution in [0.5, 0.6) is 0 Å². The van der Waals surface area contributed by atoms with Crippen LogP contribution in [-0.4, -0.2) is 59.2 Å². The van der Waals surface area contributed by atoms with Crippen LogP contribution in [0.1, 0.15) is 50.1 Å². The van der Waals surface area contributed by atoms with E-state index < -0.39 is 32.9 Å². The summed E-state index contributed by atoms with van der Waals surface area (Å²) in [6, 6.07) is 10.6. The molecule has 2 aliphatic carbocycles. The van der Waals surface area contributed by atoms with Crippen molar-refractivity contribution in [1.29, 1.82) is 5.26 Å². The predicted molar refractivity (Wildman–Crippen MR) is 148 cm³/mol. The summed E-state index contributed by atoms with van der Waals surface area (Å²) in [5.41, 5.74) is 2.22. The number of carbonyl (C=O) groups excluding carboxylic acids is 1. The molecule has 3 fully saturated rings. The molecule has 12 heteroatoms. The topological polar surface area (TPSA) is 121 Å². The lowest BCUT2D eigenvalue weighted by Gasteiger charge is -2.31. The number of nitriles is 1. The lowest BCUT2D eigenvalue weighted by atomic mass is 9.75. The number of sulfone groups is 1. The van der Waals surface area contributed by atoms with Gasteiger partial charge in [-0.2, -0.15) is 10.4 Å². The van der Waals surface area contributed by atoms with Crippen molar-refractivity contribution in [3.63, 3.8) is 0 Å². The smallest absolute Gasteiger partial charge is 0.225 e. The van der Waals surface area contributed by atoms with Gasteiger partial charge in [-0.15, -0.1) is 0 Å².